The van der Waals surface area contributed by atoms with Crippen molar-refractivity contribution in [3.63, 3.8) is 0 Å². The van der Waals surface area contributed by atoms with Gasteiger partial charge < -0.3 is 9.88 Å². The lowest BCUT2D eigenvalue weighted by atomic mass is 9.96. The fourth-order valence-electron chi connectivity index (χ4n) is 5.22. The molecular formula is C24H35N3O3S. The number of aromatic nitrogens is 1. The number of fused-ring (bicyclic) bond motifs is 1. The number of aryl methyl sites for hydroxylation is 1. The maximum absolute atomic E-state index is 13.3. The molecule has 1 amide bonds. The number of likely N-dealkylation sites (tertiary alicyclic amines) is 1. The molecular weight excluding hydrogens is 410 g/mol. The highest BCUT2D eigenvalue weighted by molar-refractivity contribution is 7.89. The smallest absolute Gasteiger partial charge is 0.270 e. The Morgan fingerprint density at radius 3 is 2.48 bits per heavy atom. The lowest BCUT2D eigenvalue weighted by Gasteiger charge is -2.35. The predicted octanol–water partition coefficient (Wildman–Crippen LogP) is 4.69. The van der Waals surface area contributed by atoms with E-state index in [0.717, 1.165) is 61.5 Å². The van der Waals surface area contributed by atoms with Gasteiger partial charge in [0.2, 0.25) is 10.0 Å². The molecule has 4 rings (SSSR count). The number of carbonyl (C=O) groups is 1. The molecule has 1 aromatic heterocycles. The van der Waals surface area contributed by atoms with Crippen molar-refractivity contribution in [2.45, 2.75) is 76.7 Å². The lowest BCUT2D eigenvalue weighted by Crippen LogP contribution is -2.43. The number of amides is 1. The zero-order valence-corrected chi connectivity index (χ0v) is 19.8. The van der Waals surface area contributed by atoms with Crippen molar-refractivity contribution in [3.05, 3.63) is 29.5 Å². The van der Waals surface area contributed by atoms with Crippen LogP contribution in [0.4, 0.5) is 0 Å². The van der Waals surface area contributed by atoms with Crippen LogP contribution >= 0.6 is 0 Å². The quantitative estimate of drug-likeness (QED) is 0.725. The number of hydrogen-bond acceptors (Lipinski definition) is 3. The van der Waals surface area contributed by atoms with Gasteiger partial charge in [0.05, 0.1) is 4.90 Å². The minimum atomic E-state index is -3.52. The van der Waals surface area contributed by atoms with Crippen LogP contribution in [-0.4, -0.2) is 54.2 Å². The van der Waals surface area contributed by atoms with Crippen LogP contribution in [0.15, 0.2) is 23.1 Å². The molecule has 2 saturated heterocycles. The summed E-state index contributed by atoms with van der Waals surface area (Å²) in [5.74, 6) is 0.655. The first-order valence-electron chi connectivity index (χ1n) is 11.8. The molecule has 7 heteroatoms. The molecule has 0 spiro atoms. The average molecular weight is 446 g/mol. The molecule has 2 aromatic rings. The van der Waals surface area contributed by atoms with Gasteiger partial charge in [-0.15, -0.1) is 0 Å². The SMILES string of the molecule is CCC1CCN(S(=O)(=O)c2ccc3[nH]c(C(=O)N4CCCCC4CC)c(C)c3c2)CC1. The Bertz CT molecular complexity index is 1050. The van der Waals surface area contributed by atoms with Gasteiger partial charge in [0.15, 0.2) is 0 Å². The average Bonchev–Trinajstić information content (AvgIpc) is 3.14. The zero-order chi connectivity index (χ0) is 22.2. The van der Waals surface area contributed by atoms with Crippen LogP contribution in [-0.2, 0) is 10.0 Å². The molecule has 0 aliphatic carbocycles. The van der Waals surface area contributed by atoms with Crippen molar-refractivity contribution in [2.24, 2.45) is 5.92 Å². The van der Waals surface area contributed by atoms with Crippen LogP contribution < -0.4 is 0 Å². The number of carbonyl (C=O) groups excluding carboxylic acids is 1. The van der Waals surface area contributed by atoms with Gasteiger partial charge in [-0.1, -0.05) is 20.3 Å². The second kappa shape index (κ2) is 8.94. The van der Waals surface area contributed by atoms with Crippen LogP contribution in [0.2, 0.25) is 0 Å². The summed E-state index contributed by atoms with van der Waals surface area (Å²) in [5, 5.41) is 0.818. The fourth-order valence-corrected chi connectivity index (χ4v) is 6.72. The van der Waals surface area contributed by atoms with Gasteiger partial charge in [0.25, 0.3) is 5.91 Å². The molecule has 1 unspecified atom stereocenters. The molecule has 2 aliphatic rings. The number of benzene rings is 1. The molecule has 0 radical (unpaired) electrons. The summed E-state index contributed by atoms with van der Waals surface area (Å²) >= 11 is 0. The monoisotopic (exact) mass is 445 g/mol. The molecule has 1 aromatic carbocycles. The maximum Gasteiger partial charge on any atom is 0.270 e. The van der Waals surface area contributed by atoms with Crippen molar-refractivity contribution in [3.8, 4) is 0 Å². The first-order valence-corrected chi connectivity index (χ1v) is 13.2. The number of piperidine rings is 2. The first-order chi connectivity index (χ1) is 14.9. The van der Waals surface area contributed by atoms with Crippen molar-refractivity contribution in [1.82, 2.24) is 14.2 Å². The van der Waals surface area contributed by atoms with E-state index < -0.39 is 10.0 Å². The molecule has 31 heavy (non-hydrogen) atoms. The molecule has 1 atom stereocenters. The van der Waals surface area contributed by atoms with Gasteiger partial charge in [-0.3, -0.25) is 4.79 Å². The maximum atomic E-state index is 13.3. The van der Waals surface area contributed by atoms with E-state index in [0.29, 0.717) is 29.6 Å². The predicted molar refractivity (Wildman–Crippen MR) is 124 cm³/mol. The van der Waals surface area contributed by atoms with Gasteiger partial charge in [-0.05, 0) is 75.1 Å². The number of hydrogen-bond donors (Lipinski definition) is 1. The highest BCUT2D eigenvalue weighted by Gasteiger charge is 2.31. The van der Waals surface area contributed by atoms with E-state index in [1.54, 1.807) is 22.5 Å². The molecule has 170 valence electrons. The van der Waals surface area contributed by atoms with Crippen LogP contribution in [0, 0.1) is 12.8 Å². The summed E-state index contributed by atoms with van der Waals surface area (Å²) in [4.78, 5) is 18.9. The van der Waals surface area contributed by atoms with E-state index >= 15 is 0 Å². The van der Waals surface area contributed by atoms with Crippen LogP contribution in [0.3, 0.4) is 0 Å². The van der Waals surface area contributed by atoms with Gasteiger partial charge in [-0.25, -0.2) is 8.42 Å². The topological polar surface area (TPSA) is 73.5 Å². The summed E-state index contributed by atoms with van der Waals surface area (Å²) in [6, 6.07) is 5.50. The van der Waals surface area contributed by atoms with Crippen molar-refractivity contribution in [2.75, 3.05) is 19.6 Å². The highest BCUT2D eigenvalue weighted by atomic mass is 32.2. The standard InChI is InChI=1S/C24H35N3O3S/c1-4-18-11-14-26(15-12-18)31(29,30)20-9-10-22-21(16-20)17(3)23(25-22)24(28)27-13-7-6-8-19(27)5-2/h9-10,16,18-19,25H,4-8,11-15H2,1-3H3. The molecule has 3 heterocycles. The van der Waals surface area contributed by atoms with E-state index in [1.807, 2.05) is 11.8 Å². The first kappa shape index (κ1) is 22.3. The van der Waals surface area contributed by atoms with E-state index in [-0.39, 0.29) is 11.9 Å². The van der Waals surface area contributed by atoms with Gasteiger partial charge in [0, 0.05) is 36.6 Å². The fraction of sp³-hybridized carbons (Fsp3) is 0.625. The van der Waals surface area contributed by atoms with Gasteiger partial charge in [-0.2, -0.15) is 4.31 Å². The summed E-state index contributed by atoms with van der Waals surface area (Å²) in [5.41, 5.74) is 2.24. The lowest BCUT2D eigenvalue weighted by molar-refractivity contribution is 0.0602. The summed E-state index contributed by atoms with van der Waals surface area (Å²) < 4.78 is 28.1. The summed E-state index contributed by atoms with van der Waals surface area (Å²) in [6.45, 7) is 8.18. The minimum absolute atomic E-state index is 0.0336. The molecule has 2 aliphatic heterocycles. The van der Waals surface area contributed by atoms with E-state index in [1.165, 1.54) is 6.42 Å². The summed E-state index contributed by atoms with van der Waals surface area (Å²) in [6.07, 6.45) is 7.18. The third kappa shape index (κ3) is 4.14. The van der Waals surface area contributed by atoms with Crippen LogP contribution in [0.5, 0.6) is 0 Å². The second-order valence-corrected chi connectivity index (χ2v) is 11.1. The molecule has 0 saturated carbocycles. The zero-order valence-electron chi connectivity index (χ0n) is 19.0. The van der Waals surface area contributed by atoms with Crippen molar-refractivity contribution < 1.29 is 13.2 Å². The van der Waals surface area contributed by atoms with Gasteiger partial charge in [0.1, 0.15) is 5.69 Å². The van der Waals surface area contributed by atoms with Crippen LogP contribution in [0.25, 0.3) is 10.9 Å². The molecule has 1 N–H and O–H groups in total. The Labute approximate surface area is 186 Å². The van der Waals surface area contributed by atoms with Gasteiger partial charge >= 0.3 is 0 Å². The summed E-state index contributed by atoms with van der Waals surface area (Å²) in [7, 11) is -3.52. The number of sulfonamides is 1. The minimum Gasteiger partial charge on any atom is -0.350 e. The second-order valence-electron chi connectivity index (χ2n) is 9.14. The largest absolute Gasteiger partial charge is 0.350 e. The Balaban J connectivity index is 1.63. The van der Waals surface area contributed by atoms with E-state index in [9.17, 15) is 13.2 Å². The normalized spacial score (nSPS) is 21.6. The Morgan fingerprint density at radius 1 is 1.06 bits per heavy atom. The number of H-pyrrole nitrogens is 1. The van der Waals surface area contributed by atoms with Crippen molar-refractivity contribution in [1.29, 1.82) is 0 Å². The van der Waals surface area contributed by atoms with E-state index in [4.69, 9.17) is 0 Å². The molecule has 0 bridgehead atoms. The Morgan fingerprint density at radius 2 is 1.81 bits per heavy atom. The van der Waals surface area contributed by atoms with Crippen molar-refractivity contribution >= 4 is 26.8 Å². The number of rotatable bonds is 5. The number of aromatic amines is 1. The third-order valence-corrected chi connectivity index (χ3v) is 9.29. The molecule has 2 fully saturated rings. The van der Waals surface area contributed by atoms with Crippen LogP contribution in [0.1, 0.15) is 74.8 Å². The third-order valence-electron chi connectivity index (χ3n) is 7.39. The number of nitrogens with one attached hydrogen (secondary N) is 1. The highest BCUT2D eigenvalue weighted by Crippen LogP contribution is 2.30. The Hall–Kier alpha value is -1.86. The number of nitrogens with zero attached hydrogens (tertiary/aromatic N) is 2. The Kier molecular flexibility index (Phi) is 6.44. The van der Waals surface area contributed by atoms with E-state index in [2.05, 4.69) is 18.8 Å². The molecule has 6 nitrogen and oxygen atoms in total.